The van der Waals surface area contributed by atoms with E-state index in [-0.39, 0.29) is 23.0 Å². The molecule has 3 unspecified atom stereocenters. The van der Waals surface area contributed by atoms with Gasteiger partial charge in [-0.25, -0.2) is 8.42 Å². The summed E-state index contributed by atoms with van der Waals surface area (Å²) in [4.78, 5) is 12.0. The quantitative estimate of drug-likeness (QED) is 0.809. The Bertz CT molecular complexity index is 364. The minimum Gasteiger partial charge on any atom is -0.327 e. The van der Waals surface area contributed by atoms with Crippen molar-refractivity contribution in [3.05, 3.63) is 0 Å². The first kappa shape index (κ1) is 14.6. The summed E-state index contributed by atoms with van der Waals surface area (Å²) in [6.07, 6.45) is 5.28. The normalized spacial score (nSPS) is 27.7. The summed E-state index contributed by atoms with van der Waals surface area (Å²) in [5, 5.41) is -0.331. The molecule has 0 aliphatic heterocycles. The first-order chi connectivity index (χ1) is 7.84. The molecule has 0 aromatic rings. The molecule has 0 heterocycles. The number of carbonyl (C=O) groups excluding carboxylic acids is 1. The minimum absolute atomic E-state index is 0.0823. The first-order valence-corrected chi connectivity index (χ1v) is 8.27. The summed E-state index contributed by atoms with van der Waals surface area (Å²) in [5.74, 6) is 0.0498. The molecule has 17 heavy (non-hydrogen) atoms. The fraction of sp³-hybridized carbons (Fsp3) is 0.917. The summed E-state index contributed by atoms with van der Waals surface area (Å²) >= 11 is 0. The molecule has 1 saturated carbocycles. The van der Waals surface area contributed by atoms with E-state index >= 15 is 0 Å². The van der Waals surface area contributed by atoms with Gasteiger partial charge in [0.15, 0.2) is 0 Å². The Morgan fingerprint density at radius 2 is 2.06 bits per heavy atom. The third-order valence-corrected chi connectivity index (χ3v) is 5.31. The van der Waals surface area contributed by atoms with Crippen LogP contribution in [0.15, 0.2) is 0 Å². The van der Waals surface area contributed by atoms with E-state index in [0.29, 0.717) is 19.3 Å². The monoisotopic (exact) mass is 261 g/mol. The summed E-state index contributed by atoms with van der Waals surface area (Å²) < 4.78 is 23.0. The van der Waals surface area contributed by atoms with E-state index in [9.17, 15) is 13.2 Å². The standard InChI is InChI=1S/C12H23NO3S/c1-3-10(13)8-12(14)9-5-4-6-11(7-9)17(2,15)16/h9-11H,3-8,13H2,1-2H3. The Kier molecular flexibility index (Phi) is 5.13. The molecule has 0 bridgehead atoms. The van der Waals surface area contributed by atoms with Gasteiger partial charge < -0.3 is 5.73 Å². The predicted octanol–water partition coefficient (Wildman–Crippen LogP) is 1.29. The van der Waals surface area contributed by atoms with E-state index in [1.807, 2.05) is 6.92 Å². The number of sulfone groups is 1. The molecule has 4 nitrogen and oxygen atoms in total. The maximum atomic E-state index is 12.0. The molecular weight excluding hydrogens is 238 g/mol. The van der Waals surface area contributed by atoms with Crippen molar-refractivity contribution in [2.24, 2.45) is 11.7 Å². The lowest BCUT2D eigenvalue weighted by molar-refractivity contribution is -0.124. The van der Waals surface area contributed by atoms with Crippen molar-refractivity contribution in [2.45, 2.75) is 56.7 Å². The molecule has 1 fully saturated rings. The van der Waals surface area contributed by atoms with Crippen LogP contribution in [-0.2, 0) is 14.6 Å². The minimum atomic E-state index is -3.01. The van der Waals surface area contributed by atoms with Crippen LogP contribution in [0.1, 0.15) is 45.4 Å². The summed E-state index contributed by atoms with van der Waals surface area (Å²) in [6.45, 7) is 1.96. The smallest absolute Gasteiger partial charge is 0.150 e. The van der Waals surface area contributed by atoms with Crippen LogP contribution in [0.2, 0.25) is 0 Å². The van der Waals surface area contributed by atoms with Gasteiger partial charge in [-0.1, -0.05) is 13.3 Å². The van der Waals surface area contributed by atoms with Crippen LogP contribution < -0.4 is 5.73 Å². The van der Waals surface area contributed by atoms with E-state index in [2.05, 4.69) is 0 Å². The molecule has 3 atom stereocenters. The number of hydrogen-bond acceptors (Lipinski definition) is 4. The number of nitrogens with two attached hydrogens (primary N) is 1. The predicted molar refractivity (Wildman–Crippen MR) is 68.5 cm³/mol. The van der Waals surface area contributed by atoms with E-state index in [4.69, 9.17) is 5.73 Å². The van der Waals surface area contributed by atoms with Crippen LogP contribution >= 0.6 is 0 Å². The van der Waals surface area contributed by atoms with Crippen molar-refractivity contribution in [3.8, 4) is 0 Å². The molecule has 5 heteroatoms. The zero-order valence-corrected chi connectivity index (χ0v) is 11.5. The number of Topliss-reactive ketones (excluding diaryl/α,β-unsaturated/α-hetero) is 1. The van der Waals surface area contributed by atoms with Crippen molar-refractivity contribution >= 4 is 15.6 Å². The molecule has 1 aliphatic rings. The van der Waals surface area contributed by atoms with Gasteiger partial charge in [0, 0.05) is 24.6 Å². The van der Waals surface area contributed by atoms with Crippen molar-refractivity contribution in [2.75, 3.05) is 6.26 Å². The number of rotatable bonds is 5. The lowest BCUT2D eigenvalue weighted by atomic mass is 9.84. The molecule has 2 N–H and O–H groups in total. The molecule has 0 aromatic heterocycles. The highest BCUT2D eigenvalue weighted by Crippen LogP contribution is 2.30. The second kappa shape index (κ2) is 5.96. The summed E-state index contributed by atoms with van der Waals surface area (Å²) in [6, 6.07) is -0.0823. The number of ketones is 1. The summed E-state index contributed by atoms with van der Waals surface area (Å²) in [7, 11) is -3.01. The largest absolute Gasteiger partial charge is 0.327 e. The van der Waals surface area contributed by atoms with Crippen molar-refractivity contribution in [1.29, 1.82) is 0 Å². The van der Waals surface area contributed by atoms with Gasteiger partial charge in [-0.2, -0.15) is 0 Å². The SMILES string of the molecule is CCC(N)CC(=O)C1CCCC(S(C)(=O)=O)C1. The summed E-state index contributed by atoms with van der Waals surface area (Å²) in [5.41, 5.74) is 5.76. The highest BCUT2D eigenvalue weighted by Gasteiger charge is 2.32. The lowest BCUT2D eigenvalue weighted by Crippen LogP contribution is -2.33. The van der Waals surface area contributed by atoms with Crippen molar-refractivity contribution in [1.82, 2.24) is 0 Å². The molecule has 1 rings (SSSR count). The van der Waals surface area contributed by atoms with Gasteiger partial charge in [0.05, 0.1) is 5.25 Å². The Balaban J connectivity index is 2.58. The Hall–Kier alpha value is -0.420. The molecular formula is C12H23NO3S. The number of hydrogen-bond donors (Lipinski definition) is 1. The maximum absolute atomic E-state index is 12.0. The van der Waals surface area contributed by atoms with E-state index < -0.39 is 9.84 Å². The topological polar surface area (TPSA) is 77.2 Å². The molecule has 0 radical (unpaired) electrons. The molecule has 100 valence electrons. The van der Waals surface area contributed by atoms with Gasteiger partial charge in [-0.05, 0) is 25.7 Å². The highest BCUT2D eigenvalue weighted by atomic mass is 32.2. The fourth-order valence-electron chi connectivity index (χ4n) is 2.40. The zero-order chi connectivity index (χ0) is 13.1. The van der Waals surface area contributed by atoms with Crippen molar-refractivity contribution < 1.29 is 13.2 Å². The van der Waals surface area contributed by atoms with Crippen LogP contribution in [0.5, 0.6) is 0 Å². The van der Waals surface area contributed by atoms with Crippen LogP contribution in [-0.4, -0.2) is 31.7 Å². The Labute approximate surface area is 104 Å². The van der Waals surface area contributed by atoms with Crippen molar-refractivity contribution in [3.63, 3.8) is 0 Å². The second-order valence-electron chi connectivity index (χ2n) is 5.15. The Morgan fingerprint density at radius 3 is 2.59 bits per heavy atom. The fourth-order valence-corrected chi connectivity index (χ4v) is 3.57. The third kappa shape index (κ3) is 4.39. The van der Waals surface area contributed by atoms with E-state index in [1.165, 1.54) is 6.26 Å². The van der Waals surface area contributed by atoms with Crippen LogP contribution in [0.25, 0.3) is 0 Å². The lowest BCUT2D eigenvalue weighted by Gasteiger charge is -2.27. The van der Waals surface area contributed by atoms with Crippen LogP contribution in [0.4, 0.5) is 0 Å². The third-order valence-electron chi connectivity index (χ3n) is 3.67. The number of carbonyl (C=O) groups is 1. The Morgan fingerprint density at radius 1 is 1.41 bits per heavy atom. The molecule has 1 aliphatic carbocycles. The molecule has 0 saturated heterocycles. The highest BCUT2D eigenvalue weighted by molar-refractivity contribution is 7.91. The van der Waals surface area contributed by atoms with E-state index in [1.54, 1.807) is 0 Å². The first-order valence-electron chi connectivity index (χ1n) is 6.31. The zero-order valence-electron chi connectivity index (χ0n) is 10.7. The second-order valence-corrected chi connectivity index (χ2v) is 7.48. The maximum Gasteiger partial charge on any atom is 0.150 e. The van der Waals surface area contributed by atoms with Gasteiger partial charge in [0.2, 0.25) is 0 Å². The van der Waals surface area contributed by atoms with Gasteiger partial charge in [-0.3, -0.25) is 4.79 Å². The molecule has 0 spiro atoms. The molecule has 0 amide bonds. The van der Waals surface area contributed by atoms with Crippen LogP contribution in [0.3, 0.4) is 0 Å². The van der Waals surface area contributed by atoms with E-state index in [0.717, 1.165) is 19.3 Å². The van der Waals surface area contributed by atoms with Gasteiger partial charge >= 0.3 is 0 Å². The average Bonchev–Trinajstić information content (AvgIpc) is 2.28. The van der Waals surface area contributed by atoms with Gasteiger partial charge in [0.25, 0.3) is 0 Å². The molecule has 0 aromatic carbocycles. The average molecular weight is 261 g/mol. The van der Waals surface area contributed by atoms with Crippen LogP contribution in [0, 0.1) is 5.92 Å². The van der Waals surface area contributed by atoms with Gasteiger partial charge in [-0.15, -0.1) is 0 Å². The van der Waals surface area contributed by atoms with Gasteiger partial charge in [0.1, 0.15) is 15.6 Å².